The zero-order chi connectivity index (χ0) is 20.9. The molecule has 2 amide bonds. The summed E-state index contributed by atoms with van der Waals surface area (Å²) >= 11 is 0. The van der Waals surface area contributed by atoms with Crippen LogP contribution in [0.3, 0.4) is 0 Å². The number of hydrogen-bond acceptors (Lipinski definition) is 3. The number of amides is 2. The van der Waals surface area contributed by atoms with Gasteiger partial charge in [0, 0.05) is 32.2 Å². The number of aromatic amines is 1. The van der Waals surface area contributed by atoms with E-state index < -0.39 is 0 Å². The van der Waals surface area contributed by atoms with E-state index in [0.29, 0.717) is 6.54 Å². The Labute approximate surface area is 176 Å². The zero-order valence-electron chi connectivity index (χ0n) is 17.3. The Hall–Kier alpha value is -3.06. The summed E-state index contributed by atoms with van der Waals surface area (Å²) in [6.45, 7) is 5.22. The number of carbonyl (C=O) groups excluding carboxylic acids is 1. The molecule has 3 aromatic rings. The van der Waals surface area contributed by atoms with Crippen molar-refractivity contribution in [1.29, 1.82) is 0 Å². The molecule has 0 spiro atoms. The third kappa shape index (κ3) is 4.57. The van der Waals surface area contributed by atoms with E-state index in [0.717, 1.165) is 49.1 Å². The van der Waals surface area contributed by atoms with Crippen molar-refractivity contribution in [3.05, 3.63) is 70.6 Å². The standard InChI is InChI=1S/C23H29N5O2/c1-17(18-7-3-2-4-8-18)25-22(29)24-13-16-27-14-11-19(12-15-27)28-21-10-6-5-9-20(21)26-23(28)30/h2-10,17,19H,11-16H2,1H3,(H,26,30)(H2,24,25,29)/t17-/m1/s1. The van der Waals surface area contributed by atoms with Crippen LogP contribution in [0.1, 0.15) is 37.4 Å². The summed E-state index contributed by atoms with van der Waals surface area (Å²) in [4.78, 5) is 29.8. The highest BCUT2D eigenvalue weighted by molar-refractivity contribution is 5.75. The molecule has 1 aliphatic rings. The molecule has 158 valence electrons. The van der Waals surface area contributed by atoms with Gasteiger partial charge in [0.1, 0.15) is 0 Å². The first-order valence-corrected chi connectivity index (χ1v) is 10.6. The van der Waals surface area contributed by atoms with Crippen molar-refractivity contribution in [1.82, 2.24) is 25.1 Å². The lowest BCUT2D eigenvalue weighted by Gasteiger charge is -2.32. The van der Waals surface area contributed by atoms with Crippen LogP contribution in [-0.4, -0.2) is 46.7 Å². The predicted octanol–water partition coefficient (Wildman–Crippen LogP) is 3.03. The topological polar surface area (TPSA) is 82.2 Å². The zero-order valence-corrected chi connectivity index (χ0v) is 17.3. The van der Waals surface area contributed by atoms with Crippen LogP contribution in [0.15, 0.2) is 59.4 Å². The van der Waals surface area contributed by atoms with E-state index in [1.807, 2.05) is 66.1 Å². The molecule has 1 saturated heterocycles. The second kappa shape index (κ2) is 9.17. The van der Waals surface area contributed by atoms with E-state index >= 15 is 0 Å². The maximum atomic E-state index is 12.4. The Morgan fingerprint density at radius 1 is 1.10 bits per heavy atom. The van der Waals surface area contributed by atoms with Crippen LogP contribution in [0.4, 0.5) is 4.79 Å². The first kappa shape index (κ1) is 20.2. The Kier molecular flexibility index (Phi) is 6.18. The number of benzene rings is 2. The Balaban J connectivity index is 1.22. The van der Waals surface area contributed by atoms with Gasteiger partial charge in [0.2, 0.25) is 0 Å². The lowest BCUT2D eigenvalue weighted by molar-refractivity contribution is 0.186. The number of carbonyl (C=O) groups is 1. The van der Waals surface area contributed by atoms with Gasteiger partial charge in [-0.1, -0.05) is 42.5 Å². The molecule has 1 aromatic heterocycles. The van der Waals surface area contributed by atoms with Gasteiger partial charge < -0.3 is 20.5 Å². The van der Waals surface area contributed by atoms with Crippen molar-refractivity contribution in [2.75, 3.05) is 26.2 Å². The first-order valence-electron chi connectivity index (χ1n) is 10.6. The first-order chi connectivity index (χ1) is 14.6. The summed E-state index contributed by atoms with van der Waals surface area (Å²) in [6.07, 6.45) is 1.86. The van der Waals surface area contributed by atoms with E-state index in [2.05, 4.69) is 20.5 Å². The lowest BCUT2D eigenvalue weighted by Crippen LogP contribution is -2.43. The molecular weight excluding hydrogens is 378 g/mol. The molecule has 2 aromatic carbocycles. The number of urea groups is 1. The number of hydrogen-bond donors (Lipinski definition) is 3. The van der Waals surface area contributed by atoms with Crippen molar-refractivity contribution in [3.63, 3.8) is 0 Å². The summed E-state index contributed by atoms with van der Waals surface area (Å²) in [6, 6.07) is 17.8. The molecule has 0 bridgehead atoms. The van der Waals surface area contributed by atoms with Crippen LogP contribution in [0, 0.1) is 0 Å². The van der Waals surface area contributed by atoms with Gasteiger partial charge in [-0.25, -0.2) is 9.59 Å². The summed E-state index contributed by atoms with van der Waals surface area (Å²) in [5.74, 6) is 0. The molecule has 0 unspecified atom stereocenters. The van der Waals surface area contributed by atoms with Gasteiger partial charge in [-0.15, -0.1) is 0 Å². The fourth-order valence-electron chi connectivity index (χ4n) is 4.24. The molecule has 30 heavy (non-hydrogen) atoms. The number of rotatable bonds is 6. The molecule has 7 nitrogen and oxygen atoms in total. The highest BCUT2D eigenvalue weighted by Gasteiger charge is 2.23. The molecule has 0 aliphatic carbocycles. The Bertz CT molecular complexity index is 1030. The van der Waals surface area contributed by atoms with Crippen molar-refractivity contribution >= 4 is 17.1 Å². The van der Waals surface area contributed by atoms with Crippen LogP contribution in [0.25, 0.3) is 11.0 Å². The number of nitrogens with zero attached hydrogens (tertiary/aromatic N) is 2. The minimum Gasteiger partial charge on any atom is -0.337 e. The molecule has 0 radical (unpaired) electrons. The van der Waals surface area contributed by atoms with Crippen LogP contribution < -0.4 is 16.3 Å². The van der Waals surface area contributed by atoms with Gasteiger partial charge in [0.05, 0.1) is 17.1 Å². The normalized spacial score (nSPS) is 16.4. The van der Waals surface area contributed by atoms with Crippen molar-refractivity contribution < 1.29 is 4.79 Å². The molecule has 0 saturated carbocycles. The third-order valence-corrected chi connectivity index (χ3v) is 5.91. The van der Waals surface area contributed by atoms with Gasteiger partial charge >= 0.3 is 11.7 Å². The fraction of sp³-hybridized carbons (Fsp3) is 0.391. The van der Waals surface area contributed by atoms with Crippen molar-refractivity contribution in [2.24, 2.45) is 0 Å². The Morgan fingerprint density at radius 2 is 1.80 bits per heavy atom. The smallest absolute Gasteiger partial charge is 0.326 e. The van der Waals surface area contributed by atoms with Crippen molar-refractivity contribution in [3.8, 4) is 0 Å². The molecule has 1 atom stereocenters. The van der Waals surface area contributed by atoms with Crippen molar-refractivity contribution in [2.45, 2.75) is 31.8 Å². The maximum Gasteiger partial charge on any atom is 0.326 e. The Morgan fingerprint density at radius 3 is 2.57 bits per heavy atom. The molecular formula is C23H29N5O2. The molecule has 4 rings (SSSR count). The highest BCUT2D eigenvalue weighted by atomic mass is 16.2. The maximum absolute atomic E-state index is 12.4. The predicted molar refractivity (Wildman–Crippen MR) is 119 cm³/mol. The van der Waals surface area contributed by atoms with Gasteiger partial charge in [-0.05, 0) is 37.5 Å². The number of likely N-dealkylation sites (tertiary alicyclic amines) is 1. The fourth-order valence-corrected chi connectivity index (χ4v) is 4.24. The van der Waals surface area contributed by atoms with Crippen LogP contribution >= 0.6 is 0 Å². The monoisotopic (exact) mass is 407 g/mol. The van der Waals surface area contributed by atoms with E-state index in [1.165, 1.54) is 0 Å². The quantitative estimate of drug-likeness (QED) is 0.587. The number of imidazole rings is 1. The summed E-state index contributed by atoms with van der Waals surface area (Å²) < 4.78 is 1.91. The minimum absolute atomic E-state index is 0.0273. The third-order valence-electron chi connectivity index (χ3n) is 5.91. The van der Waals surface area contributed by atoms with E-state index in [9.17, 15) is 9.59 Å². The van der Waals surface area contributed by atoms with Crippen LogP contribution in [0.5, 0.6) is 0 Å². The van der Waals surface area contributed by atoms with Gasteiger partial charge in [0.25, 0.3) is 0 Å². The largest absolute Gasteiger partial charge is 0.337 e. The van der Waals surface area contributed by atoms with E-state index in [-0.39, 0.29) is 23.8 Å². The second-order valence-corrected chi connectivity index (χ2v) is 7.92. The average Bonchev–Trinajstić information content (AvgIpc) is 3.10. The second-order valence-electron chi connectivity index (χ2n) is 7.92. The molecule has 2 heterocycles. The van der Waals surface area contributed by atoms with E-state index in [4.69, 9.17) is 0 Å². The number of nitrogens with one attached hydrogen (secondary N) is 3. The molecule has 1 aliphatic heterocycles. The number of para-hydroxylation sites is 2. The summed E-state index contributed by atoms with van der Waals surface area (Å²) in [5, 5.41) is 5.92. The van der Waals surface area contributed by atoms with Crippen LogP contribution in [-0.2, 0) is 0 Å². The molecule has 1 fully saturated rings. The van der Waals surface area contributed by atoms with Gasteiger partial charge in [-0.2, -0.15) is 0 Å². The van der Waals surface area contributed by atoms with Gasteiger partial charge in [0.15, 0.2) is 0 Å². The van der Waals surface area contributed by atoms with Crippen LogP contribution in [0.2, 0.25) is 0 Å². The lowest BCUT2D eigenvalue weighted by atomic mass is 10.0. The molecule has 7 heteroatoms. The average molecular weight is 408 g/mol. The van der Waals surface area contributed by atoms with E-state index in [1.54, 1.807) is 0 Å². The minimum atomic E-state index is -0.147. The number of piperidine rings is 1. The molecule has 3 N–H and O–H groups in total. The summed E-state index contributed by atoms with van der Waals surface area (Å²) in [7, 11) is 0. The number of fused-ring (bicyclic) bond motifs is 1. The highest BCUT2D eigenvalue weighted by Crippen LogP contribution is 2.24. The number of H-pyrrole nitrogens is 1. The number of aromatic nitrogens is 2. The SMILES string of the molecule is C[C@@H](NC(=O)NCCN1CCC(n2c(=O)[nH]c3ccccc32)CC1)c1ccccc1. The van der Waals surface area contributed by atoms with Gasteiger partial charge in [-0.3, -0.25) is 4.57 Å². The summed E-state index contributed by atoms with van der Waals surface area (Å²) in [5.41, 5.74) is 2.93.